The molecule has 1 heterocycles. The Hall–Kier alpha value is -3.48. The van der Waals surface area contributed by atoms with E-state index in [0.29, 0.717) is 11.3 Å². The Morgan fingerprint density at radius 3 is 2.47 bits per heavy atom. The van der Waals surface area contributed by atoms with Crippen molar-refractivity contribution in [3.8, 4) is 5.69 Å². The lowest BCUT2D eigenvalue weighted by molar-refractivity contribution is -0.130. The number of benzene rings is 2. The first kappa shape index (κ1) is 19.8. The Morgan fingerprint density at radius 1 is 1.07 bits per heavy atom. The van der Waals surface area contributed by atoms with Crippen molar-refractivity contribution in [3.05, 3.63) is 76.6 Å². The topological polar surface area (TPSA) is 86.1 Å². The summed E-state index contributed by atoms with van der Waals surface area (Å²) in [4.78, 5) is 27.1. The van der Waals surface area contributed by atoms with Crippen molar-refractivity contribution in [1.82, 2.24) is 20.3 Å². The van der Waals surface area contributed by atoms with E-state index in [1.807, 2.05) is 50.2 Å². The fourth-order valence-corrected chi connectivity index (χ4v) is 3.27. The maximum Gasteiger partial charge on any atom is 0.361 e. The SMILES string of the molecule is Cc1ccc(-n2nc(C)c(C(=O)O[C@H](C(=O)NC3CC3)c3ccccc3)n2)c(C)c1. The van der Waals surface area contributed by atoms with Crippen LogP contribution in [0.1, 0.15) is 51.8 Å². The average Bonchev–Trinajstić information content (AvgIpc) is 3.45. The fourth-order valence-electron chi connectivity index (χ4n) is 3.27. The predicted molar refractivity (Wildman–Crippen MR) is 111 cm³/mol. The number of amides is 1. The first-order valence-electron chi connectivity index (χ1n) is 10.0. The van der Waals surface area contributed by atoms with Crippen molar-refractivity contribution in [2.45, 2.75) is 45.8 Å². The minimum atomic E-state index is -1.04. The molecule has 1 amide bonds. The van der Waals surface area contributed by atoms with Crippen molar-refractivity contribution < 1.29 is 14.3 Å². The molecule has 1 aliphatic carbocycles. The van der Waals surface area contributed by atoms with E-state index in [-0.39, 0.29) is 17.6 Å². The van der Waals surface area contributed by atoms with E-state index >= 15 is 0 Å². The monoisotopic (exact) mass is 404 g/mol. The summed E-state index contributed by atoms with van der Waals surface area (Å²) < 4.78 is 5.63. The number of ether oxygens (including phenoxy) is 1. The predicted octanol–water partition coefficient (Wildman–Crippen LogP) is 3.37. The van der Waals surface area contributed by atoms with Crippen LogP contribution in [-0.2, 0) is 9.53 Å². The molecule has 30 heavy (non-hydrogen) atoms. The Balaban J connectivity index is 1.59. The van der Waals surface area contributed by atoms with Crippen LogP contribution in [-0.4, -0.2) is 32.9 Å². The van der Waals surface area contributed by atoms with Crippen molar-refractivity contribution in [2.24, 2.45) is 0 Å². The number of rotatable bonds is 6. The van der Waals surface area contributed by atoms with Crippen molar-refractivity contribution in [1.29, 1.82) is 0 Å². The molecule has 4 rings (SSSR count). The molecular weight excluding hydrogens is 380 g/mol. The Morgan fingerprint density at radius 2 is 1.80 bits per heavy atom. The highest BCUT2D eigenvalue weighted by atomic mass is 16.5. The van der Waals surface area contributed by atoms with Gasteiger partial charge in [-0.2, -0.15) is 9.90 Å². The zero-order valence-corrected chi connectivity index (χ0v) is 17.3. The summed E-state index contributed by atoms with van der Waals surface area (Å²) in [5, 5.41) is 11.6. The first-order chi connectivity index (χ1) is 14.4. The van der Waals surface area contributed by atoms with Crippen LogP contribution < -0.4 is 5.32 Å². The van der Waals surface area contributed by atoms with E-state index in [1.54, 1.807) is 19.1 Å². The molecule has 154 valence electrons. The number of hydrogen-bond acceptors (Lipinski definition) is 5. The number of esters is 1. The van der Waals surface area contributed by atoms with Crippen LogP contribution in [0.2, 0.25) is 0 Å². The van der Waals surface area contributed by atoms with E-state index in [1.165, 1.54) is 4.80 Å². The summed E-state index contributed by atoms with van der Waals surface area (Å²) in [5.74, 6) is -1.00. The molecule has 7 heteroatoms. The quantitative estimate of drug-likeness (QED) is 0.637. The molecule has 1 saturated carbocycles. The lowest BCUT2D eigenvalue weighted by Gasteiger charge is -2.17. The van der Waals surface area contributed by atoms with Crippen molar-refractivity contribution in [3.63, 3.8) is 0 Å². The first-order valence-corrected chi connectivity index (χ1v) is 10.0. The smallest absolute Gasteiger partial charge is 0.361 e. The lowest BCUT2D eigenvalue weighted by Crippen LogP contribution is -2.33. The van der Waals surface area contributed by atoms with Gasteiger partial charge < -0.3 is 10.1 Å². The zero-order chi connectivity index (χ0) is 21.3. The minimum absolute atomic E-state index is 0.0927. The Kier molecular flexibility index (Phi) is 5.35. The van der Waals surface area contributed by atoms with Gasteiger partial charge in [-0.15, -0.1) is 5.10 Å². The number of nitrogens with zero attached hydrogens (tertiary/aromatic N) is 3. The van der Waals surface area contributed by atoms with E-state index in [0.717, 1.165) is 29.7 Å². The summed E-state index contributed by atoms with van der Waals surface area (Å²) >= 11 is 0. The third-order valence-corrected chi connectivity index (χ3v) is 5.03. The normalized spacial score (nSPS) is 14.2. The van der Waals surface area contributed by atoms with Gasteiger partial charge in [-0.05, 0) is 45.2 Å². The van der Waals surface area contributed by atoms with Crippen LogP contribution in [0.3, 0.4) is 0 Å². The molecule has 0 saturated heterocycles. The number of nitrogens with one attached hydrogen (secondary N) is 1. The van der Waals surface area contributed by atoms with Gasteiger partial charge in [0.1, 0.15) is 0 Å². The maximum absolute atomic E-state index is 12.9. The third-order valence-electron chi connectivity index (χ3n) is 5.03. The van der Waals surface area contributed by atoms with Crippen LogP contribution in [0.25, 0.3) is 5.69 Å². The molecule has 0 bridgehead atoms. The second-order valence-corrected chi connectivity index (χ2v) is 7.69. The van der Waals surface area contributed by atoms with Gasteiger partial charge in [0.25, 0.3) is 5.91 Å². The highest BCUT2D eigenvalue weighted by molar-refractivity contribution is 5.92. The highest BCUT2D eigenvalue weighted by Gasteiger charge is 2.32. The molecule has 0 unspecified atom stereocenters. The van der Waals surface area contributed by atoms with E-state index in [9.17, 15) is 9.59 Å². The largest absolute Gasteiger partial charge is 0.442 e. The van der Waals surface area contributed by atoms with E-state index in [2.05, 4.69) is 15.5 Å². The molecule has 0 spiro atoms. The minimum Gasteiger partial charge on any atom is -0.442 e. The van der Waals surface area contributed by atoms with Gasteiger partial charge in [0.2, 0.25) is 6.10 Å². The van der Waals surface area contributed by atoms with Crippen LogP contribution in [0.4, 0.5) is 0 Å². The lowest BCUT2D eigenvalue weighted by atomic mass is 10.1. The van der Waals surface area contributed by atoms with Gasteiger partial charge in [0.15, 0.2) is 5.69 Å². The van der Waals surface area contributed by atoms with E-state index < -0.39 is 12.1 Å². The third kappa shape index (κ3) is 4.25. The van der Waals surface area contributed by atoms with Gasteiger partial charge in [0, 0.05) is 11.6 Å². The Bertz CT molecular complexity index is 1090. The van der Waals surface area contributed by atoms with E-state index in [4.69, 9.17) is 4.74 Å². The van der Waals surface area contributed by atoms with Gasteiger partial charge >= 0.3 is 5.97 Å². The molecule has 0 aliphatic heterocycles. The summed E-state index contributed by atoms with van der Waals surface area (Å²) in [6.45, 7) is 5.68. The molecule has 7 nitrogen and oxygen atoms in total. The molecule has 0 radical (unpaired) electrons. The molecule has 1 aromatic heterocycles. The molecule has 1 atom stereocenters. The second-order valence-electron chi connectivity index (χ2n) is 7.69. The van der Waals surface area contributed by atoms with Gasteiger partial charge in [-0.3, -0.25) is 4.79 Å². The summed E-state index contributed by atoms with van der Waals surface area (Å²) in [7, 11) is 0. The maximum atomic E-state index is 12.9. The van der Waals surface area contributed by atoms with Gasteiger partial charge in [-0.25, -0.2) is 4.79 Å². The van der Waals surface area contributed by atoms with Gasteiger partial charge in [-0.1, -0.05) is 48.0 Å². The molecule has 3 aromatic rings. The molecular formula is C23H24N4O3. The summed E-state index contributed by atoms with van der Waals surface area (Å²) in [6.07, 6.45) is 0.861. The standard InChI is InChI=1S/C23H24N4O3/c1-14-9-12-19(15(2)13-14)27-25-16(3)20(26-27)23(29)30-21(17-7-5-4-6-8-17)22(28)24-18-10-11-18/h4-9,12-13,18,21H,10-11H2,1-3H3,(H,24,28)/t21-/m0/s1. The van der Waals surface area contributed by atoms with Crippen molar-refractivity contribution in [2.75, 3.05) is 0 Å². The molecule has 2 aromatic carbocycles. The number of aryl methyl sites for hydroxylation is 3. The number of carbonyl (C=O) groups excluding carboxylic acids is 2. The highest BCUT2D eigenvalue weighted by Crippen LogP contribution is 2.24. The van der Waals surface area contributed by atoms with Gasteiger partial charge in [0.05, 0.1) is 11.4 Å². The molecule has 1 aliphatic rings. The Labute approximate surface area is 175 Å². The van der Waals surface area contributed by atoms with Crippen LogP contribution in [0.15, 0.2) is 48.5 Å². The number of aromatic nitrogens is 3. The molecule has 1 fully saturated rings. The summed E-state index contributed by atoms with van der Waals surface area (Å²) in [5.41, 5.74) is 4.06. The van der Waals surface area contributed by atoms with Crippen LogP contribution >= 0.6 is 0 Å². The average molecular weight is 404 g/mol. The van der Waals surface area contributed by atoms with Crippen molar-refractivity contribution >= 4 is 11.9 Å². The summed E-state index contributed by atoms with van der Waals surface area (Å²) in [6, 6.07) is 15.1. The van der Waals surface area contributed by atoms with Crippen LogP contribution in [0.5, 0.6) is 0 Å². The fraction of sp³-hybridized carbons (Fsp3) is 0.304. The van der Waals surface area contributed by atoms with Crippen LogP contribution in [0, 0.1) is 20.8 Å². The zero-order valence-electron chi connectivity index (χ0n) is 17.3. The molecule has 1 N–H and O–H groups in total. The number of hydrogen-bond donors (Lipinski definition) is 1. The number of carbonyl (C=O) groups is 2. The second kappa shape index (κ2) is 8.10.